The SMILES string of the molecule is COc1cccc(NC(=O)CSc2ccc(C(F)(F)F)cc2[N+](=O)[O-])c1. The Balaban J connectivity index is 2.08. The van der Waals surface area contributed by atoms with Crippen molar-refractivity contribution in [1.29, 1.82) is 0 Å². The number of nitro benzene ring substituents is 1. The van der Waals surface area contributed by atoms with E-state index in [-0.39, 0.29) is 10.6 Å². The monoisotopic (exact) mass is 386 g/mol. The first-order valence-corrected chi connectivity index (χ1v) is 8.11. The number of carbonyl (C=O) groups is 1. The number of nitro groups is 1. The predicted molar refractivity (Wildman–Crippen MR) is 90.4 cm³/mol. The summed E-state index contributed by atoms with van der Waals surface area (Å²) in [5.41, 5.74) is -1.34. The quantitative estimate of drug-likeness (QED) is 0.453. The topological polar surface area (TPSA) is 81.5 Å². The number of nitrogens with zero attached hydrogens (tertiary/aromatic N) is 1. The highest BCUT2D eigenvalue weighted by Crippen LogP contribution is 2.36. The minimum absolute atomic E-state index is 0.0243. The average molecular weight is 386 g/mol. The first-order valence-electron chi connectivity index (χ1n) is 7.13. The number of hydrogen-bond acceptors (Lipinski definition) is 5. The van der Waals surface area contributed by atoms with Gasteiger partial charge in [-0.15, -0.1) is 11.8 Å². The molecular formula is C16H13F3N2O4S. The number of rotatable bonds is 6. The molecule has 0 aliphatic rings. The lowest BCUT2D eigenvalue weighted by atomic mass is 10.2. The van der Waals surface area contributed by atoms with Gasteiger partial charge >= 0.3 is 6.18 Å². The Bertz CT molecular complexity index is 827. The Labute approximate surface area is 150 Å². The fourth-order valence-electron chi connectivity index (χ4n) is 2.00. The number of methoxy groups -OCH3 is 1. The van der Waals surface area contributed by atoms with Crippen molar-refractivity contribution in [3.05, 3.63) is 58.1 Å². The molecule has 26 heavy (non-hydrogen) atoms. The molecular weight excluding hydrogens is 373 g/mol. The summed E-state index contributed by atoms with van der Waals surface area (Å²) >= 11 is 0.780. The van der Waals surface area contributed by atoms with Gasteiger partial charge in [0.05, 0.1) is 28.2 Å². The van der Waals surface area contributed by atoms with Crippen LogP contribution in [0, 0.1) is 10.1 Å². The Hall–Kier alpha value is -2.75. The Morgan fingerprint density at radius 2 is 2.00 bits per heavy atom. The molecule has 0 atom stereocenters. The molecule has 0 saturated heterocycles. The van der Waals surface area contributed by atoms with Crippen molar-refractivity contribution in [1.82, 2.24) is 0 Å². The minimum atomic E-state index is -4.68. The summed E-state index contributed by atoms with van der Waals surface area (Å²) in [4.78, 5) is 22.1. The number of ether oxygens (including phenoxy) is 1. The lowest BCUT2D eigenvalue weighted by molar-refractivity contribution is -0.388. The van der Waals surface area contributed by atoms with Crippen molar-refractivity contribution in [3.8, 4) is 5.75 Å². The van der Waals surface area contributed by atoms with Crippen LogP contribution in [0.25, 0.3) is 0 Å². The number of benzene rings is 2. The number of hydrogen-bond donors (Lipinski definition) is 1. The molecule has 0 bridgehead atoms. The van der Waals surface area contributed by atoms with Gasteiger partial charge in [-0.2, -0.15) is 13.2 Å². The number of halogens is 3. The number of carbonyl (C=O) groups excluding carboxylic acids is 1. The molecule has 2 aromatic rings. The second-order valence-corrected chi connectivity index (χ2v) is 6.02. The van der Waals surface area contributed by atoms with Crippen LogP contribution >= 0.6 is 11.8 Å². The van der Waals surface area contributed by atoms with Crippen molar-refractivity contribution in [2.24, 2.45) is 0 Å². The van der Waals surface area contributed by atoms with Crippen LogP contribution in [-0.4, -0.2) is 23.7 Å². The van der Waals surface area contributed by atoms with E-state index in [1.54, 1.807) is 24.3 Å². The smallest absolute Gasteiger partial charge is 0.416 e. The molecule has 0 fully saturated rings. The van der Waals surface area contributed by atoms with Crippen LogP contribution in [0.3, 0.4) is 0 Å². The standard InChI is InChI=1S/C16H13F3N2O4S/c1-25-12-4-2-3-11(8-12)20-15(22)9-26-14-6-5-10(16(17,18)19)7-13(14)21(23)24/h2-8H,9H2,1H3,(H,20,22). The molecule has 0 spiro atoms. The van der Waals surface area contributed by atoms with Crippen molar-refractivity contribution < 1.29 is 27.6 Å². The van der Waals surface area contributed by atoms with E-state index in [0.29, 0.717) is 17.5 Å². The lowest BCUT2D eigenvalue weighted by Gasteiger charge is -2.09. The third-order valence-electron chi connectivity index (χ3n) is 3.20. The highest BCUT2D eigenvalue weighted by Gasteiger charge is 2.33. The highest BCUT2D eigenvalue weighted by molar-refractivity contribution is 8.00. The van der Waals surface area contributed by atoms with E-state index in [0.717, 1.165) is 23.9 Å². The summed E-state index contributed by atoms with van der Waals surface area (Å²) in [6.45, 7) is 0. The van der Waals surface area contributed by atoms with Crippen LogP contribution < -0.4 is 10.1 Å². The van der Waals surface area contributed by atoms with Crippen molar-refractivity contribution in [2.75, 3.05) is 18.2 Å². The molecule has 6 nitrogen and oxygen atoms in total. The number of amides is 1. The zero-order valence-corrected chi connectivity index (χ0v) is 14.2. The average Bonchev–Trinajstić information content (AvgIpc) is 2.59. The summed E-state index contributed by atoms with van der Waals surface area (Å²) in [6.07, 6.45) is -4.68. The zero-order valence-electron chi connectivity index (χ0n) is 13.4. The normalized spacial score (nSPS) is 11.1. The molecule has 10 heteroatoms. The van der Waals surface area contributed by atoms with Crippen molar-refractivity contribution in [2.45, 2.75) is 11.1 Å². The van der Waals surface area contributed by atoms with Gasteiger partial charge < -0.3 is 10.1 Å². The second-order valence-electron chi connectivity index (χ2n) is 5.01. The van der Waals surface area contributed by atoms with Gasteiger partial charge in [0.25, 0.3) is 5.69 Å². The summed E-state index contributed by atoms with van der Waals surface area (Å²) in [6, 6.07) is 8.77. The fourth-order valence-corrected chi connectivity index (χ4v) is 2.80. The maximum absolute atomic E-state index is 12.7. The van der Waals surface area contributed by atoms with Gasteiger partial charge in [-0.3, -0.25) is 14.9 Å². The molecule has 0 heterocycles. The molecule has 0 aromatic heterocycles. The number of thioether (sulfide) groups is 1. The first-order chi connectivity index (χ1) is 12.2. The maximum Gasteiger partial charge on any atom is 0.416 e. The van der Waals surface area contributed by atoms with E-state index in [4.69, 9.17) is 4.74 Å². The van der Waals surface area contributed by atoms with E-state index in [9.17, 15) is 28.1 Å². The van der Waals surface area contributed by atoms with Crippen molar-refractivity contribution >= 4 is 29.0 Å². The van der Waals surface area contributed by atoms with Crippen LogP contribution in [0.4, 0.5) is 24.5 Å². The molecule has 0 aliphatic heterocycles. The number of nitrogens with one attached hydrogen (secondary N) is 1. The van der Waals surface area contributed by atoms with Gasteiger partial charge in [0.2, 0.25) is 5.91 Å². The van der Waals surface area contributed by atoms with Crippen LogP contribution in [0.5, 0.6) is 5.75 Å². The van der Waals surface area contributed by atoms with E-state index in [1.165, 1.54) is 7.11 Å². The molecule has 0 unspecified atom stereocenters. The molecule has 0 saturated carbocycles. The first kappa shape index (κ1) is 19.6. The summed E-state index contributed by atoms with van der Waals surface area (Å²) in [5, 5.41) is 13.6. The Kier molecular flexibility index (Phi) is 6.09. The zero-order chi connectivity index (χ0) is 19.3. The van der Waals surface area contributed by atoms with Gasteiger partial charge in [-0.1, -0.05) is 6.07 Å². The summed E-state index contributed by atoms with van der Waals surface area (Å²) in [7, 11) is 1.47. The molecule has 0 radical (unpaired) electrons. The summed E-state index contributed by atoms with van der Waals surface area (Å²) < 4.78 is 43.1. The van der Waals surface area contributed by atoms with Gasteiger partial charge in [0, 0.05) is 17.8 Å². The van der Waals surface area contributed by atoms with E-state index >= 15 is 0 Å². The molecule has 0 aliphatic carbocycles. The van der Waals surface area contributed by atoms with Gasteiger partial charge in [0.1, 0.15) is 5.75 Å². The number of anilines is 1. The van der Waals surface area contributed by atoms with Crippen LogP contribution in [0.1, 0.15) is 5.56 Å². The van der Waals surface area contributed by atoms with Gasteiger partial charge in [-0.05, 0) is 24.3 Å². The van der Waals surface area contributed by atoms with Crippen LogP contribution in [0.15, 0.2) is 47.4 Å². The molecule has 2 aromatic carbocycles. The summed E-state index contributed by atoms with van der Waals surface area (Å²) in [5.74, 6) is -0.130. The Morgan fingerprint density at radius 1 is 1.27 bits per heavy atom. The third kappa shape index (κ3) is 5.12. The van der Waals surface area contributed by atoms with E-state index in [1.807, 2.05) is 0 Å². The maximum atomic E-state index is 12.7. The van der Waals surface area contributed by atoms with E-state index < -0.39 is 28.3 Å². The minimum Gasteiger partial charge on any atom is -0.497 e. The third-order valence-corrected chi connectivity index (χ3v) is 4.26. The van der Waals surface area contributed by atoms with Gasteiger partial charge in [0.15, 0.2) is 0 Å². The second kappa shape index (κ2) is 8.09. The number of alkyl halides is 3. The molecule has 2 rings (SSSR count). The highest BCUT2D eigenvalue weighted by atomic mass is 32.2. The Morgan fingerprint density at radius 3 is 2.62 bits per heavy atom. The largest absolute Gasteiger partial charge is 0.497 e. The van der Waals surface area contributed by atoms with E-state index in [2.05, 4.69) is 5.32 Å². The fraction of sp³-hybridized carbons (Fsp3) is 0.188. The van der Waals surface area contributed by atoms with Crippen LogP contribution in [0.2, 0.25) is 0 Å². The molecule has 138 valence electrons. The van der Waals surface area contributed by atoms with Gasteiger partial charge in [-0.25, -0.2) is 0 Å². The van der Waals surface area contributed by atoms with Crippen LogP contribution in [-0.2, 0) is 11.0 Å². The van der Waals surface area contributed by atoms with Crippen molar-refractivity contribution in [3.63, 3.8) is 0 Å². The molecule has 1 amide bonds. The molecule has 1 N–H and O–H groups in total. The lowest BCUT2D eigenvalue weighted by Crippen LogP contribution is -2.14. The predicted octanol–water partition coefficient (Wildman–Crippen LogP) is 4.35.